The zero-order valence-corrected chi connectivity index (χ0v) is 10.6. The van der Waals surface area contributed by atoms with Crippen molar-refractivity contribution in [3.8, 4) is 0 Å². The van der Waals surface area contributed by atoms with Gasteiger partial charge in [0.1, 0.15) is 0 Å². The van der Waals surface area contributed by atoms with Crippen LogP contribution in [0.5, 0.6) is 0 Å². The van der Waals surface area contributed by atoms with Crippen LogP contribution >= 0.6 is 0 Å². The summed E-state index contributed by atoms with van der Waals surface area (Å²) in [6.45, 7) is 13.1. The summed E-state index contributed by atoms with van der Waals surface area (Å²) in [5.41, 5.74) is 1.27. The van der Waals surface area contributed by atoms with E-state index < -0.39 is 0 Å². The predicted octanol–water partition coefficient (Wildman–Crippen LogP) is 3.14. The van der Waals surface area contributed by atoms with E-state index in [9.17, 15) is 0 Å². The molecule has 15 heavy (non-hydrogen) atoms. The molecular weight excluding hydrogens is 186 g/mol. The summed E-state index contributed by atoms with van der Waals surface area (Å²) >= 11 is 0. The van der Waals surface area contributed by atoms with Crippen molar-refractivity contribution in [2.45, 2.75) is 52.5 Å². The molecule has 0 aromatic rings. The molecule has 0 saturated carbocycles. The molecule has 2 nitrogen and oxygen atoms in total. The van der Waals surface area contributed by atoms with Crippen molar-refractivity contribution in [2.24, 2.45) is 0 Å². The lowest BCUT2D eigenvalue weighted by atomic mass is 10.1. The van der Waals surface area contributed by atoms with Crippen LogP contribution in [-0.4, -0.2) is 25.8 Å². The van der Waals surface area contributed by atoms with Crippen molar-refractivity contribution in [3.05, 3.63) is 12.2 Å². The fourth-order valence-electron chi connectivity index (χ4n) is 1.49. The van der Waals surface area contributed by atoms with Gasteiger partial charge in [-0.1, -0.05) is 12.5 Å². The van der Waals surface area contributed by atoms with Crippen molar-refractivity contribution in [2.75, 3.05) is 19.8 Å². The van der Waals surface area contributed by atoms with Gasteiger partial charge in [-0.15, -0.1) is 6.58 Å². The fourth-order valence-corrected chi connectivity index (χ4v) is 1.49. The number of allylic oxidation sites excluding steroid dienone is 1. The molecule has 0 rings (SSSR count). The zero-order chi connectivity index (χ0) is 11.5. The first-order valence-corrected chi connectivity index (χ1v) is 6.16. The molecule has 0 spiro atoms. The Hall–Kier alpha value is -0.340. The second-order valence-electron chi connectivity index (χ2n) is 4.13. The largest absolute Gasteiger partial charge is 0.382 e. The van der Waals surface area contributed by atoms with Gasteiger partial charge in [-0.3, -0.25) is 0 Å². The minimum atomic E-state index is 0.591. The lowest BCUT2D eigenvalue weighted by Gasteiger charge is -2.18. The Balaban J connectivity index is 3.67. The molecular formula is C13H27NO. The maximum Gasteiger partial charge on any atom is 0.0480 e. The van der Waals surface area contributed by atoms with Gasteiger partial charge in [-0.2, -0.15) is 0 Å². The van der Waals surface area contributed by atoms with E-state index >= 15 is 0 Å². The van der Waals surface area contributed by atoms with E-state index in [-0.39, 0.29) is 0 Å². The highest BCUT2D eigenvalue weighted by Crippen LogP contribution is 2.07. The molecule has 0 bridgehead atoms. The Kier molecular flexibility index (Phi) is 9.96. The quantitative estimate of drug-likeness (QED) is 0.444. The summed E-state index contributed by atoms with van der Waals surface area (Å²) in [5.74, 6) is 0. The Labute approximate surface area is 95.1 Å². The summed E-state index contributed by atoms with van der Waals surface area (Å²) in [6.07, 6.45) is 4.61. The van der Waals surface area contributed by atoms with Gasteiger partial charge in [0, 0.05) is 19.3 Å². The smallest absolute Gasteiger partial charge is 0.0480 e. The summed E-state index contributed by atoms with van der Waals surface area (Å²) in [5, 5.41) is 3.56. The summed E-state index contributed by atoms with van der Waals surface area (Å²) in [4.78, 5) is 0. The molecule has 0 radical (unpaired) electrons. The monoisotopic (exact) mass is 213 g/mol. The van der Waals surface area contributed by atoms with E-state index in [1.54, 1.807) is 0 Å². The minimum absolute atomic E-state index is 0.591. The number of rotatable bonds is 10. The van der Waals surface area contributed by atoms with Gasteiger partial charge in [0.15, 0.2) is 0 Å². The van der Waals surface area contributed by atoms with E-state index in [1.807, 2.05) is 6.92 Å². The third-order valence-corrected chi connectivity index (χ3v) is 2.42. The third-order valence-electron chi connectivity index (χ3n) is 2.42. The zero-order valence-electron chi connectivity index (χ0n) is 10.6. The molecule has 0 aromatic carbocycles. The highest BCUT2D eigenvalue weighted by molar-refractivity contribution is 4.89. The molecule has 2 heteroatoms. The van der Waals surface area contributed by atoms with E-state index in [4.69, 9.17) is 4.74 Å². The van der Waals surface area contributed by atoms with Gasteiger partial charge in [0.2, 0.25) is 0 Å². The molecule has 0 heterocycles. The molecule has 0 aromatic heterocycles. The van der Waals surface area contributed by atoms with Crippen LogP contribution in [-0.2, 0) is 4.74 Å². The van der Waals surface area contributed by atoms with Gasteiger partial charge >= 0.3 is 0 Å². The summed E-state index contributed by atoms with van der Waals surface area (Å²) in [7, 11) is 0. The number of hydrogen-bond acceptors (Lipinski definition) is 2. The first-order valence-electron chi connectivity index (χ1n) is 6.16. The molecule has 1 unspecified atom stereocenters. The van der Waals surface area contributed by atoms with Gasteiger partial charge in [-0.05, 0) is 46.1 Å². The number of nitrogens with one attached hydrogen (secondary N) is 1. The van der Waals surface area contributed by atoms with Crippen molar-refractivity contribution in [3.63, 3.8) is 0 Å². The van der Waals surface area contributed by atoms with Crippen LogP contribution in [0.2, 0.25) is 0 Å². The van der Waals surface area contributed by atoms with Crippen LogP contribution in [0.3, 0.4) is 0 Å². The van der Waals surface area contributed by atoms with Crippen LogP contribution in [0, 0.1) is 0 Å². The molecule has 0 saturated heterocycles. The highest BCUT2D eigenvalue weighted by Gasteiger charge is 2.06. The van der Waals surface area contributed by atoms with E-state index in [1.165, 1.54) is 18.4 Å². The summed E-state index contributed by atoms with van der Waals surface area (Å²) < 4.78 is 5.39. The Morgan fingerprint density at radius 1 is 1.33 bits per heavy atom. The van der Waals surface area contributed by atoms with Crippen molar-refractivity contribution in [1.29, 1.82) is 0 Å². The van der Waals surface area contributed by atoms with E-state index in [0.29, 0.717) is 6.04 Å². The Morgan fingerprint density at radius 2 is 2.07 bits per heavy atom. The van der Waals surface area contributed by atoms with Gasteiger partial charge in [0.05, 0.1) is 0 Å². The van der Waals surface area contributed by atoms with Crippen molar-refractivity contribution < 1.29 is 4.74 Å². The molecule has 0 aliphatic heterocycles. The molecule has 0 fully saturated rings. The highest BCUT2D eigenvalue weighted by atomic mass is 16.5. The molecule has 90 valence electrons. The topological polar surface area (TPSA) is 21.3 Å². The van der Waals surface area contributed by atoms with Crippen molar-refractivity contribution in [1.82, 2.24) is 5.32 Å². The SMILES string of the molecule is C=C(C)CCC(CCOCC)NCCC. The minimum Gasteiger partial charge on any atom is -0.382 e. The number of ether oxygens (including phenoxy) is 1. The van der Waals surface area contributed by atoms with Gasteiger partial charge in [-0.25, -0.2) is 0 Å². The van der Waals surface area contributed by atoms with Gasteiger partial charge < -0.3 is 10.1 Å². The van der Waals surface area contributed by atoms with E-state index in [2.05, 4.69) is 25.7 Å². The molecule has 0 aliphatic carbocycles. The third kappa shape index (κ3) is 9.95. The second kappa shape index (κ2) is 10.2. The normalized spacial score (nSPS) is 12.7. The lowest BCUT2D eigenvalue weighted by molar-refractivity contribution is 0.135. The average Bonchev–Trinajstić information content (AvgIpc) is 2.21. The Bertz CT molecular complexity index is 157. The molecule has 0 amide bonds. The van der Waals surface area contributed by atoms with Crippen LogP contribution in [0.25, 0.3) is 0 Å². The maximum absolute atomic E-state index is 5.39. The molecule has 1 N–H and O–H groups in total. The first-order chi connectivity index (χ1) is 7.20. The van der Waals surface area contributed by atoms with Crippen LogP contribution in [0.15, 0.2) is 12.2 Å². The molecule has 0 aliphatic rings. The van der Waals surface area contributed by atoms with Gasteiger partial charge in [0.25, 0.3) is 0 Å². The lowest BCUT2D eigenvalue weighted by Crippen LogP contribution is -2.31. The van der Waals surface area contributed by atoms with E-state index in [0.717, 1.165) is 32.6 Å². The summed E-state index contributed by atoms with van der Waals surface area (Å²) in [6, 6.07) is 0.591. The van der Waals surface area contributed by atoms with Crippen LogP contribution in [0.1, 0.15) is 46.5 Å². The second-order valence-corrected chi connectivity index (χ2v) is 4.13. The molecule has 1 atom stereocenters. The van der Waals surface area contributed by atoms with Crippen molar-refractivity contribution >= 4 is 0 Å². The van der Waals surface area contributed by atoms with Crippen LogP contribution < -0.4 is 5.32 Å². The first kappa shape index (κ1) is 14.7. The standard InChI is InChI=1S/C13H27NO/c1-5-10-14-13(8-7-12(3)4)9-11-15-6-2/h13-14H,3,5-11H2,1-2,4H3. The fraction of sp³-hybridized carbons (Fsp3) is 0.846. The number of hydrogen-bond donors (Lipinski definition) is 1. The Morgan fingerprint density at radius 3 is 2.60 bits per heavy atom. The maximum atomic E-state index is 5.39. The van der Waals surface area contributed by atoms with Crippen LogP contribution in [0.4, 0.5) is 0 Å². The predicted molar refractivity (Wildman–Crippen MR) is 67.2 cm³/mol. The average molecular weight is 213 g/mol.